The van der Waals surface area contributed by atoms with Gasteiger partial charge in [0.2, 0.25) is 0 Å². The van der Waals surface area contributed by atoms with Crippen molar-refractivity contribution in [1.82, 2.24) is 19.4 Å². The summed E-state index contributed by atoms with van der Waals surface area (Å²) in [6, 6.07) is 11.4. The molecule has 3 aromatic rings. The Morgan fingerprint density at radius 1 is 1.00 bits per heavy atom. The molecule has 3 saturated heterocycles. The Balaban J connectivity index is 1.05. The number of hydrogen-bond acceptors (Lipinski definition) is 10. The fraction of sp³-hybridized carbons (Fsp3) is 0.632. The van der Waals surface area contributed by atoms with Gasteiger partial charge in [-0.1, -0.05) is 19.6 Å². The van der Waals surface area contributed by atoms with Crippen LogP contribution in [0.2, 0.25) is 25.7 Å². The van der Waals surface area contributed by atoms with Crippen LogP contribution in [0, 0.1) is 11.7 Å². The number of benzene rings is 2. The molecule has 1 aromatic heterocycles. The third kappa shape index (κ3) is 10.9. The molecule has 3 fully saturated rings. The van der Waals surface area contributed by atoms with Gasteiger partial charge in [0.1, 0.15) is 29.5 Å². The predicted octanol–water partition coefficient (Wildman–Crippen LogP) is 6.00. The highest BCUT2D eigenvalue weighted by molar-refractivity contribution is 7.99. The number of nitrogen functional groups attached to an aromatic ring is 1. The molecule has 3 aliphatic rings. The summed E-state index contributed by atoms with van der Waals surface area (Å²) in [5.74, 6) is -3.73. The van der Waals surface area contributed by atoms with E-state index < -0.39 is 31.3 Å². The van der Waals surface area contributed by atoms with E-state index in [0.717, 1.165) is 69.1 Å². The fourth-order valence-corrected chi connectivity index (χ4v) is 8.95. The van der Waals surface area contributed by atoms with Gasteiger partial charge in [-0.2, -0.15) is 11.8 Å². The number of aromatic nitrogens is 2. The number of nitrogens with zero attached hydrogens (tertiary/aromatic N) is 5. The number of rotatable bonds is 15. The van der Waals surface area contributed by atoms with Crippen molar-refractivity contribution in [3.8, 4) is 5.75 Å². The first-order valence-corrected chi connectivity index (χ1v) is 23.7. The molecule has 0 radical (unpaired) electrons. The molecule has 0 saturated carbocycles. The van der Waals surface area contributed by atoms with Crippen LogP contribution in [-0.4, -0.2) is 117 Å². The third-order valence-electron chi connectivity index (χ3n) is 10.5. The van der Waals surface area contributed by atoms with E-state index in [2.05, 4.69) is 29.4 Å². The number of piperidine rings is 1. The van der Waals surface area contributed by atoms with Crippen LogP contribution in [0.3, 0.4) is 0 Å². The highest BCUT2D eigenvalue weighted by atomic mass is 32.2. The second kappa shape index (κ2) is 17.8. The van der Waals surface area contributed by atoms with E-state index in [1.807, 2.05) is 29.2 Å². The van der Waals surface area contributed by atoms with Crippen LogP contribution >= 0.6 is 11.8 Å². The molecular formula is C38H55F3N6O4SSi. The zero-order valence-corrected chi connectivity index (χ0v) is 33.2. The Bertz CT molecular complexity index is 1720. The lowest BCUT2D eigenvalue weighted by molar-refractivity contribution is -0.121. The standard InChI is InChI=1S/C38H55F3N6O4SSi/c1-53(2,3)21-20-50-27-47-35(25-52-32-9-18-49-19-10-32)43-34-23-31(22-33(39)36(34)37(47)48)51-24-28-8-11-45(26-38(28,40)41)13-12-44-14-16-46(17-15-44)30-6-4-29(42)5-7-30/h4-7,22-23,28,32H,8-21,24-27,42H2,1-3H3. The van der Waals surface area contributed by atoms with Crippen LogP contribution in [0.5, 0.6) is 5.75 Å². The Hall–Kier alpha value is -2.82. The van der Waals surface area contributed by atoms with Crippen LogP contribution < -0.4 is 20.9 Å². The van der Waals surface area contributed by atoms with E-state index >= 15 is 13.2 Å². The monoisotopic (exact) mass is 776 g/mol. The number of hydrogen-bond donors (Lipinski definition) is 1. The topological polar surface area (TPSA) is 98.3 Å². The lowest BCUT2D eigenvalue weighted by Gasteiger charge is -2.40. The summed E-state index contributed by atoms with van der Waals surface area (Å²) in [5.41, 5.74) is 7.35. The summed E-state index contributed by atoms with van der Waals surface area (Å²) in [4.78, 5) is 24.9. The molecule has 0 bridgehead atoms. The SMILES string of the molecule is C[Si](C)(C)CCOCn1c(CSC2CCOCC2)nc2cc(OCC3CCN(CCN4CCN(c5ccc(N)cc5)CC4)CC3(F)F)cc(F)c2c1=O. The van der Waals surface area contributed by atoms with Crippen molar-refractivity contribution in [2.24, 2.45) is 5.92 Å². The van der Waals surface area contributed by atoms with Crippen LogP contribution in [0.1, 0.15) is 25.1 Å². The van der Waals surface area contributed by atoms with Gasteiger partial charge in [0, 0.05) is 95.9 Å². The van der Waals surface area contributed by atoms with E-state index in [4.69, 9.17) is 24.9 Å². The van der Waals surface area contributed by atoms with Crippen molar-refractivity contribution in [3.05, 3.63) is 58.4 Å². The van der Waals surface area contributed by atoms with Gasteiger partial charge >= 0.3 is 0 Å². The minimum absolute atomic E-state index is 0.0114. The van der Waals surface area contributed by atoms with E-state index in [1.54, 1.807) is 11.8 Å². The summed E-state index contributed by atoms with van der Waals surface area (Å²) < 4.78 is 65.2. The Kier molecular flexibility index (Phi) is 13.4. The van der Waals surface area contributed by atoms with Crippen molar-refractivity contribution in [2.45, 2.75) is 68.6 Å². The largest absolute Gasteiger partial charge is 0.493 e. The molecule has 4 heterocycles. The van der Waals surface area contributed by atoms with E-state index in [-0.39, 0.29) is 43.0 Å². The van der Waals surface area contributed by atoms with Gasteiger partial charge in [0.15, 0.2) is 0 Å². The van der Waals surface area contributed by atoms with Crippen molar-refractivity contribution in [1.29, 1.82) is 0 Å². The highest BCUT2D eigenvalue weighted by Gasteiger charge is 2.45. The van der Waals surface area contributed by atoms with Crippen LogP contribution in [0.4, 0.5) is 24.5 Å². The fourth-order valence-electron chi connectivity index (χ4n) is 7.06. The Morgan fingerprint density at radius 2 is 1.72 bits per heavy atom. The van der Waals surface area contributed by atoms with Crippen molar-refractivity contribution in [2.75, 3.05) is 89.4 Å². The molecule has 0 amide bonds. The summed E-state index contributed by atoms with van der Waals surface area (Å²) >= 11 is 1.70. The zero-order valence-electron chi connectivity index (χ0n) is 31.3. The van der Waals surface area contributed by atoms with Gasteiger partial charge in [-0.05, 0) is 56.1 Å². The molecule has 1 unspecified atom stereocenters. The number of nitrogens with two attached hydrogens (primary N) is 1. The molecular weight excluding hydrogens is 722 g/mol. The van der Waals surface area contributed by atoms with Crippen LogP contribution in [-0.2, 0) is 22.0 Å². The maximum Gasteiger partial charge on any atom is 0.266 e. The van der Waals surface area contributed by atoms with Gasteiger partial charge in [-0.3, -0.25) is 19.2 Å². The normalized spacial score (nSPS) is 20.6. The number of halogens is 3. The lowest BCUT2D eigenvalue weighted by atomic mass is 9.93. The molecule has 2 aromatic carbocycles. The number of anilines is 2. The van der Waals surface area contributed by atoms with Gasteiger partial charge in [0.25, 0.3) is 11.5 Å². The lowest BCUT2D eigenvalue weighted by Crippen LogP contribution is -2.53. The number of fused-ring (bicyclic) bond motifs is 1. The van der Waals surface area contributed by atoms with Gasteiger partial charge in [0.05, 0.1) is 30.3 Å². The molecule has 53 heavy (non-hydrogen) atoms. The van der Waals surface area contributed by atoms with E-state index in [9.17, 15) is 4.79 Å². The number of ether oxygens (including phenoxy) is 3. The number of piperazine rings is 1. The van der Waals surface area contributed by atoms with Gasteiger partial charge < -0.3 is 24.8 Å². The van der Waals surface area contributed by atoms with Crippen LogP contribution in [0.15, 0.2) is 41.2 Å². The maximum absolute atomic E-state index is 15.6. The first-order chi connectivity index (χ1) is 25.3. The maximum atomic E-state index is 15.6. The zero-order chi connectivity index (χ0) is 37.6. The molecule has 292 valence electrons. The van der Waals surface area contributed by atoms with Gasteiger partial charge in [-0.25, -0.2) is 18.2 Å². The Morgan fingerprint density at radius 3 is 2.42 bits per heavy atom. The number of likely N-dealkylation sites (tertiary alicyclic amines) is 1. The molecule has 0 aliphatic carbocycles. The molecule has 6 rings (SSSR count). The smallest absolute Gasteiger partial charge is 0.266 e. The Labute approximate surface area is 316 Å². The van der Waals surface area contributed by atoms with Crippen molar-refractivity contribution < 1.29 is 27.4 Å². The minimum Gasteiger partial charge on any atom is -0.493 e. The number of thioether (sulfide) groups is 1. The second-order valence-electron chi connectivity index (χ2n) is 15.8. The summed E-state index contributed by atoms with van der Waals surface area (Å²) in [6.07, 6.45) is 2.09. The summed E-state index contributed by atoms with van der Waals surface area (Å²) in [5, 5.41) is 0.213. The second-order valence-corrected chi connectivity index (χ2v) is 22.7. The van der Waals surface area contributed by atoms with Crippen molar-refractivity contribution in [3.63, 3.8) is 0 Å². The average Bonchev–Trinajstić information content (AvgIpc) is 3.12. The van der Waals surface area contributed by atoms with Crippen LogP contribution in [0.25, 0.3) is 10.9 Å². The quantitative estimate of drug-likeness (QED) is 0.113. The molecule has 0 spiro atoms. The van der Waals surface area contributed by atoms with Crippen molar-refractivity contribution >= 4 is 42.1 Å². The molecule has 15 heteroatoms. The molecule has 2 N–H and O–H groups in total. The molecule has 3 aliphatic heterocycles. The predicted molar refractivity (Wildman–Crippen MR) is 210 cm³/mol. The number of alkyl halides is 2. The minimum atomic E-state index is -2.96. The molecule has 10 nitrogen and oxygen atoms in total. The van der Waals surface area contributed by atoms with E-state index in [0.29, 0.717) is 49.7 Å². The van der Waals surface area contributed by atoms with E-state index in [1.165, 1.54) is 10.6 Å². The third-order valence-corrected chi connectivity index (χ3v) is 13.6. The summed E-state index contributed by atoms with van der Waals surface area (Å²) in [6.45, 7) is 13.4. The average molecular weight is 777 g/mol. The summed E-state index contributed by atoms with van der Waals surface area (Å²) in [7, 11) is -1.35. The first-order valence-electron chi connectivity index (χ1n) is 18.9. The first kappa shape index (κ1) is 39.9. The highest BCUT2D eigenvalue weighted by Crippen LogP contribution is 2.34. The molecule has 1 atom stereocenters. The van der Waals surface area contributed by atoms with Gasteiger partial charge in [-0.15, -0.1) is 0 Å².